The van der Waals surface area contributed by atoms with Gasteiger partial charge in [-0.2, -0.15) is 5.10 Å². The molecule has 1 aromatic heterocycles. The van der Waals surface area contributed by atoms with Crippen molar-refractivity contribution in [2.24, 2.45) is 0 Å². The van der Waals surface area contributed by atoms with Gasteiger partial charge in [0.05, 0.1) is 17.3 Å². The lowest BCUT2D eigenvalue weighted by molar-refractivity contribution is -0.116. The molecule has 0 unspecified atom stereocenters. The summed E-state index contributed by atoms with van der Waals surface area (Å²) in [6.45, 7) is 9.65. The van der Waals surface area contributed by atoms with Crippen molar-refractivity contribution in [2.75, 3.05) is 62.3 Å². The molecule has 4 heterocycles. The van der Waals surface area contributed by atoms with Crippen molar-refractivity contribution in [1.82, 2.24) is 25.3 Å². The minimum atomic E-state index is 0.892. The number of piperazine rings is 1. The molecule has 2 N–H and O–H groups in total. The summed E-state index contributed by atoms with van der Waals surface area (Å²) < 4.78 is 2.04. The highest BCUT2D eigenvalue weighted by molar-refractivity contribution is 7.99. The van der Waals surface area contributed by atoms with Crippen LogP contribution < -0.4 is 15.5 Å². The number of aromatic nitrogens is 2. The van der Waals surface area contributed by atoms with E-state index in [-0.39, 0.29) is 0 Å². The van der Waals surface area contributed by atoms with Gasteiger partial charge in [-0.1, -0.05) is 18.2 Å². The molecule has 0 bridgehead atoms. The first-order valence-corrected chi connectivity index (χ1v) is 12.0. The van der Waals surface area contributed by atoms with Crippen molar-refractivity contribution in [3.63, 3.8) is 0 Å². The van der Waals surface area contributed by atoms with Crippen LogP contribution in [-0.4, -0.2) is 78.5 Å². The van der Waals surface area contributed by atoms with Crippen LogP contribution in [0.4, 0.5) is 5.82 Å². The third-order valence-corrected chi connectivity index (χ3v) is 6.13. The number of nitrogens with zero attached hydrogens (tertiary/aromatic N) is 4. The fourth-order valence-electron chi connectivity index (χ4n) is 3.50. The largest absolute Gasteiger partial charge is 0.354 e. The van der Waals surface area contributed by atoms with Crippen molar-refractivity contribution in [1.29, 1.82) is 0 Å². The molecule has 30 heavy (non-hydrogen) atoms. The lowest BCUT2D eigenvalue weighted by atomic mass is 10.3. The molecule has 2 aromatic rings. The van der Waals surface area contributed by atoms with E-state index < -0.39 is 0 Å². The summed E-state index contributed by atoms with van der Waals surface area (Å²) in [6.07, 6.45) is 3.68. The third-order valence-electron chi connectivity index (χ3n) is 5.14. The highest BCUT2D eigenvalue weighted by Crippen LogP contribution is 2.21. The maximum Gasteiger partial charge on any atom is 0.210 e. The molecule has 3 saturated heterocycles. The number of anilines is 1. The molecular weight excluding hydrogens is 396 g/mol. The zero-order chi connectivity index (χ0) is 21.0. The van der Waals surface area contributed by atoms with Crippen LogP contribution in [0, 0.1) is 6.92 Å². The summed E-state index contributed by atoms with van der Waals surface area (Å²) in [5.41, 5.74) is 2.19. The van der Waals surface area contributed by atoms with Crippen molar-refractivity contribution in [3.05, 3.63) is 42.1 Å². The van der Waals surface area contributed by atoms with Gasteiger partial charge in [0.2, 0.25) is 6.41 Å². The summed E-state index contributed by atoms with van der Waals surface area (Å²) in [5.74, 6) is 3.20. The van der Waals surface area contributed by atoms with Gasteiger partial charge in [-0.3, -0.25) is 4.79 Å². The average molecular weight is 431 g/mol. The molecule has 8 heteroatoms. The molecule has 0 atom stereocenters. The van der Waals surface area contributed by atoms with E-state index in [9.17, 15) is 4.79 Å². The van der Waals surface area contributed by atoms with Crippen LogP contribution in [0.3, 0.4) is 0 Å². The first-order chi connectivity index (χ1) is 14.8. The summed E-state index contributed by atoms with van der Waals surface area (Å²) in [4.78, 5) is 14.1. The Balaban J connectivity index is 0.000000174. The number of benzene rings is 1. The zero-order valence-corrected chi connectivity index (χ0v) is 18.7. The van der Waals surface area contributed by atoms with Crippen molar-refractivity contribution in [2.45, 2.75) is 19.8 Å². The first kappa shape index (κ1) is 22.7. The van der Waals surface area contributed by atoms with Gasteiger partial charge < -0.3 is 20.4 Å². The average Bonchev–Trinajstić information content (AvgIpc) is 3.59. The molecule has 0 saturated carbocycles. The Labute approximate surface area is 184 Å². The molecule has 3 aliphatic heterocycles. The van der Waals surface area contributed by atoms with E-state index in [0.29, 0.717) is 0 Å². The van der Waals surface area contributed by atoms with Crippen LogP contribution in [0.5, 0.6) is 0 Å². The zero-order valence-electron chi connectivity index (χ0n) is 17.9. The smallest absolute Gasteiger partial charge is 0.210 e. The highest BCUT2D eigenvalue weighted by atomic mass is 32.2. The van der Waals surface area contributed by atoms with Gasteiger partial charge in [-0.05, 0) is 45.0 Å². The Hall–Kier alpha value is -2.03. The van der Waals surface area contributed by atoms with Gasteiger partial charge in [0.1, 0.15) is 5.82 Å². The second kappa shape index (κ2) is 12.6. The summed E-state index contributed by atoms with van der Waals surface area (Å²) in [7, 11) is 0. The molecule has 1 amide bonds. The van der Waals surface area contributed by atoms with Crippen molar-refractivity contribution >= 4 is 24.0 Å². The highest BCUT2D eigenvalue weighted by Gasteiger charge is 2.16. The Morgan fingerprint density at radius 2 is 1.70 bits per heavy atom. The second-order valence-corrected chi connectivity index (χ2v) is 8.62. The van der Waals surface area contributed by atoms with E-state index in [2.05, 4.69) is 38.8 Å². The Bertz CT molecular complexity index is 730. The Morgan fingerprint density at radius 1 is 1.00 bits per heavy atom. The van der Waals surface area contributed by atoms with Crippen LogP contribution in [0.2, 0.25) is 0 Å². The summed E-state index contributed by atoms with van der Waals surface area (Å²) in [6, 6.07) is 12.5. The Morgan fingerprint density at radius 3 is 2.23 bits per heavy atom. The predicted octanol–water partition coefficient (Wildman–Crippen LogP) is 2.11. The van der Waals surface area contributed by atoms with Gasteiger partial charge in [-0.15, -0.1) is 11.8 Å². The standard InChI is InChI=1S/C14H18N4.C4H7NOS.C4H9N/c1-12-11-14(17-9-7-15-8-10-17)18(16-12)13-5-3-2-4-6-13;6-3-5-1-2-7-4-5;1-2-4-5-3-1/h2-6,11,15H,7-10H2,1H3;3H,1-2,4H2;5H,1-4H2. The molecule has 0 radical (unpaired) electrons. The van der Waals surface area contributed by atoms with Gasteiger partial charge in [-0.25, -0.2) is 4.68 Å². The van der Waals surface area contributed by atoms with Crippen LogP contribution in [0.15, 0.2) is 36.4 Å². The van der Waals surface area contributed by atoms with Crippen LogP contribution in [0.25, 0.3) is 5.69 Å². The van der Waals surface area contributed by atoms with Gasteiger partial charge >= 0.3 is 0 Å². The molecule has 3 fully saturated rings. The van der Waals surface area contributed by atoms with Gasteiger partial charge in [0, 0.05) is 44.5 Å². The summed E-state index contributed by atoms with van der Waals surface area (Å²) in [5, 5.41) is 11.2. The summed E-state index contributed by atoms with van der Waals surface area (Å²) >= 11 is 1.80. The van der Waals surface area contributed by atoms with Crippen molar-refractivity contribution in [3.8, 4) is 5.69 Å². The Kier molecular flexibility index (Phi) is 9.53. The van der Waals surface area contributed by atoms with Gasteiger partial charge in [0.25, 0.3) is 0 Å². The number of amides is 1. The number of carbonyl (C=O) groups is 1. The molecule has 164 valence electrons. The maximum absolute atomic E-state index is 9.92. The van der Waals surface area contributed by atoms with E-state index in [1.54, 1.807) is 16.7 Å². The molecular formula is C22H34N6OS. The third kappa shape index (κ3) is 7.04. The van der Waals surface area contributed by atoms with Crippen LogP contribution >= 0.6 is 11.8 Å². The first-order valence-electron chi connectivity index (χ1n) is 10.8. The monoisotopic (exact) mass is 430 g/mol. The fraction of sp³-hybridized carbons (Fsp3) is 0.545. The van der Waals surface area contributed by atoms with Gasteiger partial charge in [0.15, 0.2) is 0 Å². The number of carbonyl (C=O) groups excluding carboxylic acids is 1. The lowest BCUT2D eigenvalue weighted by Crippen LogP contribution is -2.44. The second-order valence-electron chi connectivity index (χ2n) is 7.54. The number of hydrogen-bond donors (Lipinski definition) is 2. The SMILES string of the molecule is C1CCNC1.Cc1cc(N2CCNCC2)n(-c2ccccc2)n1.O=CN1CCSC1. The molecule has 5 rings (SSSR count). The number of para-hydroxylation sites is 1. The number of rotatable bonds is 3. The topological polar surface area (TPSA) is 65.4 Å². The maximum atomic E-state index is 9.92. The molecule has 1 aromatic carbocycles. The van der Waals surface area contributed by atoms with Crippen LogP contribution in [0.1, 0.15) is 18.5 Å². The minimum absolute atomic E-state index is 0.892. The van der Waals surface area contributed by atoms with E-state index in [0.717, 1.165) is 62.1 Å². The van der Waals surface area contributed by atoms with Crippen molar-refractivity contribution < 1.29 is 4.79 Å². The minimum Gasteiger partial charge on any atom is -0.354 e. The quantitative estimate of drug-likeness (QED) is 0.727. The molecule has 0 spiro atoms. The van der Waals surface area contributed by atoms with E-state index >= 15 is 0 Å². The molecule has 7 nitrogen and oxygen atoms in total. The van der Waals surface area contributed by atoms with E-state index in [4.69, 9.17) is 0 Å². The predicted molar refractivity (Wildman–Crippen MR) is 126 cm³/mol. The lowest BCUT2D eigenvalue weighted by Gasteiger charge is -2.29. The van der Waals surface area contributed by atoms with E-state index in [1.165, 1.54) is 31.7 Å². The fourth-order valence-corrected chi connectivity index (χ4v) is 4.42. The molecule has 0 aliphatic carbocycles. The molecule has 3 aliphatic rings. The van der Waals surface area contributed by atoms with E-state index in [1.807, 2.05) is 29.8 Å². The van der Waals surface area contributed by atoms with Crippen LogP contribution in [-0.2, 0) is 4.79 Å². The number of nitrogens with one attached hydrogen (secondary N) is 2. The normalized spacial score (nSPS) is 18.3. The number of thioether (sulfide) groups is 1. The number of hydrogen-bond acceptors (Lipinski definition) is 6. The number of aryl methyl sites for hydroxylation is 1.